The molecule has 0 bridgehead atoms. The highest BCUT2D eigenvalue weighted by Crippen LogP contribution is 2.28. The molecule has 1 N–H and O–H groups in total. The van der Waals surface area contributed by atoms with Crippen LogP contribution < -0.4 is 9.80 Å². The highest BCUT2D eigenvalue weighted by Gasteiger charge is 2.17. The Hall–Kier alpha value is -3.76. The molecule has 0 amide bonds. The van der Waals surface area contributed by atoms with Crippen molar-refractivity contribution in [2.24, 2.45) is 0 Å². The molecule has 1 aliphatic rings. The molecule has 2 heterocycles. The molecular formula is C33H39N2O2+. The number of anilines is 1. The summed E-state index contributed by atoms with van der Waals surface area (Å²) in [6.45, 7) is 13.0. The molecule has 0 aliphatic heterocycles. The molecule has 0 unspecified atom stereocenters. The third-order valence-electron chi connectivity index (χ3n) is 7.06. The average Bonchev–Trinajstić information content (AvgIpc) is 3.67. The zero-order valence-electron chi connectivity index (χ0n) is 22.5. The maximum Gasteiger partial charge on any atom is 0.134 e. The third-order valence-corrected chi connectivity index (χ3v) is 7.06. The van der Waals surface area contributed by atoms with Crippen molar-refractivity contribution in [3.63, 3.8) is 0 Å². The molecule has 37 heavy (non-hydrogen) atoms. The van der Waals surface area contributed by atoms with Gasteiger partial charge in [-0.05, 0) is 87.4 Å². The standard InChI is InChI=1S/C33H38N2O2/c1-5-34(6-2)28-20-16-26(17-21-28)30(32-14-10-24-36-32)12-9-13-31(33-15-11-25-37-33)27-18-22-29(23-19-27)35(7-3)8-4/h9-25,28H,5-8H2,1-4H3/p+1/b12-9+,30-26?,31-13-. The van der Waals surface area contributed by atoms with E-state index in [1.54, 1.807) is 17.4 Å². The van der Waals surface area contributed by atoms with Gasteiger partial charge in [-0.3, -0.25) is 0 Å². The highest BCUT2D eigenvalue weighted by molar-refractivity contribution is 5.82. The topological polar surface area (TPSA) is 34.0 Å². The lowest BCUT2D eigenvalue weighted by molar-refractivity contribution is -0.908. The van der Waals surface area contributed by atoms with Crippen LogP contribution in [0.3, 0.4) is 0 Å². The zero-order chi connectivity index (χ0) is 26.0. The summed E-state index contributed by atoms with van der Waals surface area (Å²) in [5.41, 5.74) is 5.58. The molecule has 0 atom stereocenters. The molecule has 1 aliphatic carbocycles. The lowest BCUT2D eigenvalue weighted by Gasteiger charge is -2.23. The highest BCUT2D eigenvalue weighted by atomic mass is 16.3. The van der Waals surface area contributed by atoms with Crippen molar-refractivity contribution in [1.82, 2.24) is 0 Å². The Morgan fingerprint density at radius 3 is 2.00 bits per heavy atom. The molecule has 2 aromatic heterocycles. The van der Waals surface area contributed by atoms with E-state index in [1.165, 1.54) is 5.69 Å². The normalized spacial score (nSPS) is 15.8. The summed E-state index contributed by atoms with van der Waals surface area (Å²) in [5, 5.41) is 0. The molecule has 0 spiro atoms. The molecule has 0 saturated carbocycles. The van der Waals surface area contributed by atoms with Gasteiger partial charge >= 0.3 is 0 Å². The quantitative estimate of drug-likeness (QED) is 0.305. The van der Waals surface area contributed by atoms with Crippen LogP contribution in [0.5, 0.6) is 0 Å². The van der Waals surface area contributed by atoms with Crippen LogP contribution in [-0.4, -0.2) is 32.2 Å². The van der Waals surface area contributed by atoms with Crippen molar-refractivity contribution in [2.45, 2.75) is 33.7 Å². The fourth-order valence-corrected chi connectivity index (χ4v) is 4.89. The van der Waals surface area contributed by atoms with E-state index in [9.17, 15) is 0 Å². The maximum absolute atomic E-state index is 5.81. The van der Waals surface area contributed by atoms with Gasteiger partial charge in [-0.25, -0.2) is 0 Å². The first-order valence-electron chi connectivity index (χ1n) is 13.4. The second kappa shape index (κ2) is 13.0. The van der Waals surface area contributed by atoms with E-state index in [-0.39, 0.29) is 0 Å². The maximum atomic E-state index is 5.81. The Morgan fingerprint density at radius 2 is 1.46 bits per heavy atom. The lowest BCUT2D eigenvalue weighted by Crippen LogP contribution is -3.14. The van der Waals surface area contributed by atoms with Gasteiger partial charge in [0.15, 0.2) is 0 Å². The Labute approximate surface area is 221 Å². The summed E-state index contributed by atoms with van der Waals surface area (Å²) in [7, 11) is 0. The summed E-state index contributed by atoms with van der Waals surface area (Å²) in [5.74, 6) is 1.70. The number of quaternary nitrogens is 1. The van der Waals surface area contributed by atoms with Crippen molar-refractivity contribution in [1.29, 1.82) is 0 Å². The van der Waals surface area contributed by atoms with Gasteiger partial charge in [-0.2, -0.15) is 0 Å². The van der Waals surface area contributed by atoms with Gasteiger partial charge < -0.3 is 18.6 Å². The largest absolute Gasteiger partial charge is 0.464 e. The number of hydrogen-bond acceptors (Lipinski definition) is 3. The molecule has 0 saturated heterocycles. The van der Waals surface area contributed by atoms with Crippen LogP contribution in [0.25, 0.3) is 11.1 Å². The number of nitrogens with zero attached hydrogens (tertiary/aromatic N) is 1. The van der Waals surface area contributed by atoms with Crippen LogP contribution in [0.2, 0.25) is 0 Å². The van der Waals surface area contributed by atoms with Gasteiger partial charge in [-0.15, -0.1) is 0 Å². The smallest absolute Gasteiger partial charge is 0.134 e. The van der Waals surface area contributed by atoms with Crippen LogP contribution >= 0.6 is 0 Å². The Bertz CT molecular complexity index is 1230. The minimum atomic E-state index is 0.408. The van der Waals surface area contributed by atoms with E-state index in [0.29, 0.717) is 6.04 Å². The van der Waals surface area contributed by atoms with Crippen LogP contribution in [0.4, 0.5) is 5.69 Å². The first-order chi connectivity index (χ1) is 18.2. The van der Waals surface area contributed by atoms with Crippen molar-refractivity contribution in [3.8, 4) is 0 Å². The molecule has 3 aromatic rings. The van der Waals surface area contributed by atoms with Crippen LogP contribution in [0, 0.1) is 0 Å². The summed E-state index contributed by atoms with van der Waals surface area (Å²) >= 11 is 0. The summed E-state index contributed by atoms with van der Waals surface area (Å²) in [4.78, 5) is 3.90. The molecule has 0 fully saturated rings. The Morgan fingerprint density at radius 1 is 0.838 bits per heavy atom. The molecule has 0 radical (unpaired) electrons. The van der Waals surface area contributed by atoms with Crippen molar-refractivity contribution < 1.29 is 13.7 Å². The molecule has 4 nitrogen and oxygen atoms in total. The summed E-state index contributed by atoms with van der Waals surface area (Å²) < 4.78 is 11.6. The first-order valence-corrected chi connectivity index (χ1v) is 13.4. The van der Waals surface area contributed by atoms with Gasteiger partial charge in [0.2, 0.25) is 0 Å². The molecule has 4 rings (SSSR count). The van der Waals surface area contributed by atoms with Crippen molar-refractivity contribution in [2.75, 3.05) is 31.1 Å². The molecule has 192 valence electrons. The second-order valence-electron chi connectivity index (χ2n) is 9.09. The predicted octanol–water partition coefficient (Wildman–Crippen LogP) is 6.58. The Kier molecular flexibility index (Phi) is 9.23. The van der Waals surface area contributed by atoms with Crippen LogP contribution in [0.15, 0.2) is 118 Å². The van der Waals surface area contributed by atoms with Crippen molar-refractivity contribution in [3.05, 3.63) is 126 Å². The molecule has 1 aromatic carbocycles. The van der Waals surface area contributed by atoms with E-state index >= 15 is 0 Å². The monoisotopic (exact) mass is 495 g/mol. The van der Waals surface area contributed by atoms with E-state index in [4.69, 9.17) is 8.83 Å². The minimum absolute atomic E-state index is 0.408. The van der Waals surface area contributed by atoms with E-state index in [2.05, 4.69) is 99.4 Å². The predicted molar refractivity (Wildman–Crippen MR) is 155 cm³/mol. The van der Waals surface area contributed by atoms with Crippen molar-refractivity contribution >= 4 is 16.8 Å². The summed E-state index contributed by atoms with van der Waals surface area (Å²) in [6, 6.07) is 17.0. The number of allylic oxidation sites excluding steroid dienone is 7. The van der Waals surface area contributed by atoms with Crippen LogP contribution in [0.1, 0.15) is 44.8 Å². The van der Waals surface area contributed by atoms with Gasteiger partial charge in [0, 0.05) is 29.9 Å². The molecule has 4 heteroatoms. The Balaban J connectivity index is 1.67. The second-order valence-corrected chi connectivity index (χ2v) is 9.09. The molecular weight excluding hydrogens is 456 g/mol. The number of rotatable bonds is 11. The van der Waals surface area contributed by atoms with E-state index in [0.717, 1.165) is 60.0 Å². The van der Waals surface area contributed by atoms with E-state index < -0.39 is 0 Å². The van der Waals surface area contributed by atoms with Gasteiger partial charge in [-0.1, -0.05) is 42.5 Å². The number of benzene rings is 1. The lowest BCUT2D eigenvalue weighted by atomic mass is 9.97. The fourth-order valence-electron chi connectivity index (χ4n) is 4.89. The van der Waals surface area contributed by atoms with Gasteiger partial charge in [0.05, 0.1) is 25.6 Å². The van der Waals surface area contributed by atoms with E-state index in [1.807, 2.05) is 24.3 Å². The number of likely N-dealkylation sites (N-methyl/N-ethyl adjacent to an activating group) is 1. The van der Waals surface area contributed by atoms with Crippen LogP contribution in [-0.2, 0) is 0 Å². The fraction of sp³-hybridized carbons (Fsp3) is 0.273. The SMILES string of the molecule is CCN(CC)c1ccc(/C(=C/C=C/C(=C2C=CC([NH+](CC)CC)C=C2)c2ccco2)c2ccco2)cc1. The minimum Gasteiger partial charge on any atom is -0.464 e. The first kappa shape index (κ1) is 26.3. The van der Waals surface area contributed by atoms with Gasteiger partial charge in [0.25, 0.3) is 0 Å². The third kappa shape index (κ3) is 6.33. The summed E-state index contributed by atoms with van der Waals surface area (Å²) in [6.07, 6.45) is 18.8. The number of nitrogens with one attached hydrogen (secondary N) is 1. The average molecular weight is 496 g/mol. The number of hydrogen-bond donors (Lipinski definition) is 1. The van der Waals surface area contributed by atoms with Gasteiger partial charge in [0.1, 0.15) is 17.6 Å². The zero-order valence-corrected chi connectivity index (χ0v) is 22.5. The number of furan rings is 2.